The quantitative estimate of drug-likeness (QED) is 0.544. The van der Waals surface area contributed by atoms with E-state index in [-0.39, 0.29) is 11.7 Å². The molecule has 1 saturated carbocycles. The first-order valence-electron chi connectivity index (χ1n) is 4.30. The summed E-state index contributed by atoms with van der Waals surface area (Å²) < 4.78 is 0. The zero-order chi connectivity index (χ0) is 8.69. The van der Waals surface area contributed by atoms with Crippen molar-refractivity contribution in [3.63, 3.8) is 0 Å². The van der Waals surface area contributed by atoms with Gasteiger partial charge in [-0.25, -0.2) is 0 Å². The summed E-state index contributed by atoms with van der Waals surface area (Å²) in [6.45, 7) is 4.00. The van der Waals surface area contributed by atoms with Gasteiger partial charge in [-0.3, -0.25) is 4.79 Å². The van der Waals surface area contributed by atoms with Gasteiger partial charge in [0.1, 0.15) is 12.1 Å². The lowest BCUT2D eigenvalue weighted by Gasteiger charge is -2.13. The fourth-order valence-electron chi connectivity index (χ4n) is 1.17. The number of hydrogen-bond acceptors (Lipinski definition) is 2. The molecular weight excluding hydrogens is 140 g/mol. The first-order valence-corrected chi connectivity index (χ1v) is 4.30. The Morgan fingerprint density at radius 1 is 1.45 bits per heavy atom. The number of carbonyl (C=O) groups excluding carboxylic acids is 2. The third-order valence-corrected chi connectivity index (χ3v) is 1.71. The van der Waals surface area contributed by atoms with E-state index in [1.165, 1.54) is 0 Å². The molecule has 0 aromatic carbocycles. The standard InChI is InChI=1S/C7H10O2.C2H6/c8-5-6-2-1-3-7(9)4-6;1-2/h5-6H,1-4H2;1-2H3. The lowest BCUT2D eigenvalue weighted by atomic mass is 9.90. The van der Waals surface area contributed by atoms with Gasteiger partial charge >= 0.3 is 0 Å². The van der Waals surface area contributed by atoms with Crippen molar-refractivity contribution in [1.82, 2.24) is 0 Å². The van der Waals surface area contributed by atoms with Crippen molar-refractivity contribution >= 4 is 12.1 Å². The van der Waals surface area contributed by atoms with E-state index in [0.29, 0.717) is 12.8 Å². The molecule has 1 aliphatic carbocycles. The molecule has 0 bridgehead atoms. The molecule has 0 aromatic heterocycles. The highest BCUT2D eigenvalue weighted by Gasteiger charge is 2.17. The van der Waals surface area contributed by atoms with Gasteiger partial charge in [-0.1, -0.05) is 13.8 Å². The third kappa shape index (κ3) is 3.91. The summed E-state index contributed by atoms with van der Waals surface area (Å²) in [5.74, 6) is 0.282. The molecule has 0 N–H and O–H groups in total. The maximum Gasteiger partial charge on any atom is 0.133 e. The Morgan fingerprint density at radius 2 is 2.09 bits per heavy atom. The van der Waals surface area contributed by atoms with Crippen LogP contribution in [0, 0.1) is 5.92 Å². The summed E-state index contributed by atoms with van der Waals surface area (Å²) in [4.78, 5) is 20.8. The van der Waals surface area contributed by atoms with Crippen LogP contribution in [0.1, 0.15) is 39.5 Å². The van der Waals surface area contributed by atoms with Crippen LogP contribution >= 0.6 is 0 Å². The highest BCUT2D eigenvalue weighted by Crippen LogP contribution is 2.18. The fraction of sp³-hybridized carbons (Fsp3) is 0.778. The van der Waals surface area contributed by atoms with Gasteiger partial charge in [0.2, 0.25) is 0 Å². The zero-order valence-electron chi connectivity index (χ0n) is 7.30. The molecule has 0 spiro atoms. The third-order valence-electron chi connectivity index (χ3n) is 1.71. The molecule has 1 fully saturated rings. The van der Waals surface area contributed by atoms with Crippen molar-refractivity contribution in [2.45, 2.75) is 39.5 Å². The van der Waals surface area contributed by atoms with E-state index in [0.717, 1.165) is 19.1 Å². The number of hydrogen-bond donors (Lipinski definition) is 0. The van der Waals surface area contributed by atoms with Gasteiger partial charge < -0.3 is 4.79 Å². The van der Waals surface area contributed by atoms with Gasteiger partial charge in [-0.05, 0) is 12.8 Å². The van der Waals surface area contributed by atoms with Gasteiger partial charge in [0.25, 0.3) is 0 Å². The SMILES string of the molecule is CC.O=CC1CCCC(=O)C1. The van der Waals surface area contributed by atoms with E-state index in [1.54, 1.807) is 0 Å². The highest BCUT2D eigenvalue weighted by atomic mass is 16.1. The maximum absolute atomic E-state index is 10.7. The van der Waals surface area contributed by atoms with Crippen LogP contribution in [0.15, 0.2) is 0 Å². The van der Waals surface area contributed by atoms with Crippen molar-refractivity contribution in [3.8, 4) is 0 Å². The van der Waals surface area contributed by atoms with Gasteiger partial charge in [0.05, 0.1) is 0 Å². The molecule has 0 aromatic rings. The first kappa shape index (κ1) is 10.3. The predicted octanol–water partition coefficient (Wildman–Crippen LogP) is 1.97. The molecule has 1 unspecified atom stereocenters. The summed E-state index contributed by atoms with van der Waals surface area (Å²) in [7, 11) is 0. The first-order chi connectivity index (χ1) is 5.33. The summed E-state index contributed by atoms with van der Waals surface area (Å²) >= 11 is 0. The van der Waals surface area contributed by atoms with Crippen LogP contribution in [-0.4, -0.2) is 12.1 Å². The number of carbonyl (C=O) groups is 2. The van der Waals surface area contributed by atoms with Crippen LogP contribution < -0.4 is 0 Å². The van der Waals surface area contributed by atoms with Crippen molar-refractivity contribution in [2.24, 2.45) is 5.92 Å². The topological polar surface area (TPSA) is 34.1 Å². The minimum absolute atomic E-state index is 0.0336. The zero-order valence-corrected chi connectivity index (χ0v) is 7.30. The molecule has 0 aliphatic heterocycles. The smallest absolute Gasteiger partial charge is 0.133 e. The summed E-state index contributed by atoms with van der Waals surface area (Å²) in [6.07, 6.45) is 3.89. The molecule has 64 valence electrons. The Labute approximate surface area is 68.0 Å². The van der Waals surface area contributed by atoms with Crippen molar-refractivity contribution in [3.05, 3.63) is 0 Å². The molecule has 2 heteroatoms. The van der Waals surface area contributed by atoms with Crippen LogP contribution in [0.3, 0.4) is 0 Å². The van der Waals surface area contributed by atoms with E-state index >= 15 is 0 Å². The predicted molar refractivity (Wildman–Crippen MR) is 44.4 cm³/mol. The van der Waals surface area contributed by atoms with Crippen LogP contribution in [0.25, 0.3) is 0 Å². The average Bonchev–Trinajstić information content (AvgIpc) is 2.08. The second-order valence-corrected chi connectivity index (χ2v) is 2.53. The van der Waals surface area contributed by atoms with Crippen LogP contribution in [0.2, 0.25) is 0 Å². The molecule has 1 atom stereocenters. The fourth-order valence-corrected chi connectivity index (χ4v) is 1.17. The van der Waals surface area contributed by atoms with E-state index in [1.807, 2.05) is 13.8 Å². The number of aldehydes is 1. The van der Waals surface area contributed by atoms with Crippen LogP contribution in [0.4, 0.5) is 0 Å². The van der Waals surface area contributed by atoms with Gasteiger partial charge in [0.15, 0.2) is 0 Å². The van der Waals surface area contributed by atoms with E-state index in [2.05, 4.69) is 0 Å². The van der Waals surface area contributed by atoms with Crippen molar-refractivity contribution in [1.29, 1.82) is 0 Å². The molecular formula is C9H16O2. The molecule has 0 saturated heterocycles. The molecule has 2 nitrogen and oxygen atoms in total. The lowest BCUT2D eigenvalue weighted by molar-refractivity contribution is -0.124. The van der Waals surface area contributed by atoms with Crippen molar-refractivity contribution in [2.75, 3.05) is 0 Å². The average molecular weight is 156 g/mol. The van der Waals surface area contributed by atoms with Gasteiger partial charge in [0, 0.05) is 18.8 Å². The van der Waals surface area contributed by atoms with E-state index in [9.17, 15) is 9.59 Å². The Bertz CT molecular complexity index is 130. The number of rotatable bonds is 1. The molecule has 0 radical (unpaired) electrons. The maximum atomic E-state index is 10.7. The Hall–Kier alpha value is -0.660. The summed E-state index contributed by atoms with van der Waals surface area (Å²) in [6, 6.07) is 0. The summed E-state index contributed by atoms with van der Waals surface area (Å²) in [5, 5.41) is 0. The monoisotopic (exact) mass is 156 g/mol. The molecule has 0 heterocycles. The minimum atomic E-state index is 0.0336. The van der Waals surface area contributed by atoms with E-state index < -0.39 is 0 Å². The molecule has 11 heavy (non-hydrogen) atoms. The second-order valence-electron chi connectivity index (χ2n) is 2.53. The van der Waals surface area contributed by atoms with Crippen LogP contribution in [-0.2, 0) is 9.59 Å². The molecule has 1 rings (SSSR count). The Balaban J connectivity index is 0.000000461. The van der Waals surface area contributed by atoms with Crippen LogP contribution in [0.5, 0.6) is 0 Å². The Kier molecular flexibility index (Phi) is 5.71. The van der Waals surface area contributed by atoms with Gasteiger partial charge in [-0.15, -0.1) is 0 Å². The Morgan fingerprint density at radius 3 is 2.45 bits per heavy atom. The molecule has 1 aliphatic rings. The number of ketones is 1. The number of Topliss-reactive ketones (excluding diaryl/α,β-unsaturated/α-hetero) is 1. The lowest BCUT2D eigenvalue weighted by Crippen LogP contribution is -2.15. The molecule has 0 amide bonds. The van der Waals surface area contributed by atoms with Crippen molar-refractivity contribution < 1.29 is 9.59 Å². The largest absolute Gasteiger partial charge is 0.303 e. The normalized spacial score (nSPS) is 23.5. The second kappa shape index (κ2) is 6.08. The highest BCUT2D eigenvalue weighted by molar-refractivity contribution is 5.82. The summed E-state index contributed by atoms with van der Waals surface area (Å²) in [5.41, 5.74) is 0. The van der Waals surface area contributed by atoms with Gasteiger partial charge in [-0.2, -0.15) is 0 Å². The van der Waals surface area contributed by atoms with E-state index in [4.69, 9.17) is 0 Å². The minimum Gasteiger partial charge on any atom is -0.303 e.